The van der Waals surface area contributed by atoms with Crippen molar-refractivity contribution in [3.8, 4) is 0 Å². The van der Waals surface area contributed by atoms with Crippen molar-refractivity contribution in [2.75, 3.05) is 11.9 Å². The molecule has 1 unspecified atom stereocenters. The molecule has 1 aromatic carbocycles. The van der Waals surface area contributed by atoms with Crippen LogP contribution in [0.15, 0.2) is 35.7 Å². The largest absolute Gasteiger partial charge is 0.367 e. The molecule has 0 fully saturated rings. The fourth-order valence-electron chi connectivity index (χ4n) is 1.90. The predicted octanol–water partition coefficient (Wildman–Crippen LogP) is 3.54. The first-order valence-electron chi connectivity index (χ1n) is 5.87. The molecule has 0 saturated carbocycles. The number of hydrogen-bond acceptors (Lipinski definition) is 3. The van der Waals surface area contributed by atoms with Gasteiger partial charge in [0.15, 0.2) is 0 Å². The fourth-order valence-corrected chi connectivity index (χ4v) is 2.72. The topological polar surface area (TPSA) is 29.3 Å². The Hall–Kier alpha value is -1.39. The first kappa shape index (κ1) is 13.1. The van der Waals surface area contributed by atoms with Crippen molar-refractivity contribution in [1.29, 1.82) is 0 Å². The summed E-state index contributed by atoms with van der Waals surface area (Å²) in [6.07, 6.45) is 0. The molecule has 2 rings (SSSR count). The van der Waals surface area contributed by atoms with E-state index in [0.717, 1.165) is 11.3 Å². The van der Waals surface area contributed by atoms with Gasteiger partial charge in [-0.15, -0.1) is 11.3 Å². The zero-order chi connectivity index (χ0) is 13.1. The van der Waals surface area contributed by atoms with Gasteiger partial charge in [-0.3, -0.25) is 0 Å². The molecule has 0 saturated heterocycles. The number of benzene rings is 1. The van der Waals surface area contributed by atoms with E-state index in [2.05, 4.69) is 23.3 Å². The Kier molecular flexibility index (Phi) is 3.99. The third kappa shape index (κ3) is 2.71. The second-order valence-corrected chi connectivity index (χ2v) is 5.30. The molecule has 0 aliphatic rings. The van der Waals surface area contributed by atoms with E-state index in [1.165, 1.54) is 10.9 Å². The van der Waals surface area contributed by atoms with Crippen molar-refractivity contribution in [3.05, 3.63) is 52.0 Å². The zero-order valence-corrected chi connectivity index (χ0v) is 11.4. The van der Waals surface area contributed by atoms with Crippen LogP contribution in [0, 0.1) is 5.82 Å². The van der Waals surface area contributed by atoms with E-state index in [-0.39, 0.29) is 11.9 Å². The van der Waals surface area contributed by atoms with Crippen molar-refractivity contribution >= 4 is 17.0 Å². The summed E-state index contributed by atoms with van der Waals surface area (Å²) in [6, 6.07) is 9.30. The SMILES string of the molecule is CC(c1cccs1)N(C)c1cc(F)cc(CN)c1. The van der Waals surface area contributed by atoms with Crippen LogP contribution in [0.2, 0.25) is 0 Å². The lowest BCUT2D eigenvalue weighted by atomic mass is 10.1. The Morgan fingerprint density at radius 1 is 1.39 bits per heavy atom. The van der Waals surface area contributed by atoms with E-state index in [4.69, 9.17) is 5.73 Å². The van der Waals surface area contributed by atoms with Crippen LogP contribution in [0.25, 0.3) is 0 Å². The van der Waals surface area contributed by atoms with E-state index in [0.29, 0.717) is 6.54 Å². The van der Waals surface area contributed by atoms with Gasteiger partial charge in [-0.2, -0.15) is 0 Å². The highest BCUT2D eigenvalue weighted by Crippen LogP contribution is 2.29. The van der Waals surface area contributed by atoms with Gasteiger partial charge in [-0.1, -0.05) is 6.07 Å². The number of rotatable bonds is 4. The molecule has 0 aliphatic carbocycles. The van der Waals surface area contributed by atoms with Gasteiger partial charge < -0.3 is 10.6 Å². The number of nitrogens with two attached hydrogens (primary N) is 1. The molecule has 1 aromatic heterocycles. The molecular formula is C14H17FN2S. The van der Waals surface area contributed by atoms with Gasteiger partial charge in [0.2, 0.25) is 0 Å². The Bertz CT molecular complexity index is 511. The number of halogens is 1. The van der Waals surface area contributed by atoms with Gasteiger partial charge in [0.25, 0.3) is 0 Å². The maximum absolute atomic E-state index is 13.5. The minimum absolute atomic E-state index is 0.220. The molecule has 1 atom stereocenters. The summed E-state index contributed by atoms with van der Waals surface area (Å²) in [6.45, 7) is 2.46. The second kappa shape index (κ2) is 5.50. The molecule has 2 N–H and O–H groups in total. The Morgan fingerprint density at radius 2 is 2.17 bits per heavy atom. The van der Waals surface area contributed by atoms with Gasteiger partial charge in [-0.05, 0) is 42.1 Å². The lowest BCUT2D eigenvalue weighted by Crippen LogP contribution is -2.21. The molecule has 0 radical (unpaired) electrons. The number of nitrogens with zero attached hydrogens (tertiary/aromatic N) is 1. The van der Waals surface area contributed by atoms with E-state index < -0.39 is 0 Å². The third-order valence-corrected chi connectivity index (χ3v) is 4.16. The smallest absolute Gasteiger partial charge is 0.125 e. The first-order chi connectivity index (χ1) is 8.61. The van der Waals surface area contributed by atoms with Crippen LogP contribution in [0.1, 0.15) is 23.4 Å². The number of thiophene rings is 1. The molecular weight excluding hydrogens is 247 g/mol. The van der Waals surface area contributed by atoms with Crippen LogP contribution in [0.4, 0.5) is 10.1 Å². The van der Waals surface area contributed by atoms with Crippen LogP contribution >= 0.6 is 11.3 Å². The molecule has 2 nitrogen and oxygen atoms in total. The second-order valence-electron chi connectivity index (χ2n) is 4.32. The van der Waals surface area contributed by atoms with Crippen LogP contribution in [0.3, 0.4) is 0 Å². The van der Waals surface area contributed by atoms with Gasteiger partial charge in [0, 0.05) is 24.2 Å². The van der Waals surface area contributed by atoms with Crippen molar-refractivity contribution in [1.82, 2.24) is 0 Å². The fraction of sp³-hybridized carbons (Fsp3) is 0.286. The summed E-state index contributed by atoms with van der Waals surface area (Å²) >= 11 is 1.71. The van der Waals surface area contributed by atoms with Gasteiger partial charge in [0.1, 0.15) is 5.82 Å². The standard InChI is InChI=1S/C14H17FN2S/c1-10(14-4-3-5-18-14)17(2)13-7-11(9-16)6-12(15)8-13/h3-8,10H,9,16H2,1-2H3. The summed E-state index contributed by atoms with van der Waals surface area (Å²) in [5.74, 6) is -0.238. The summed E-state index contributed by atoms with van der Waals surface area (Å²) < 4.78 is 13.5. The van der Waals surface area contributed by atoms with E-state index >= 15 is 0 Å². The summed E-state index contributed by atoms with van der Waals surface area (Å²) in [5.41, 5.74) is 7.25. The number of anilines is 1. The summed E-state index contributed by atoms with van der Waals surface area (Å²) in [5, 5.41) is 2.05. The van der Waals surface area contributed by atoms with Crippen molar-refractivity contribution in [2.45, 2.75) is 19.5 Å². The third-order valence-electron chi connectivity index (χ3n) is 3.12. The molecule has 4 heteroatoms. The maximum atomic E-state index is 13.5. The van der Waals surface area contributed by atoms with Crippen molar-refractivity contribution < 1.29 is 4.39 Å². The van der Waals surface area contributed by atoms with Gasteiger partial charge in [0.05, 0.1) is 6.04 Å². The lowest BCUT2D eigenvalue weighted by molar-refractivity contribution is 0.623. The van der Waals surface area contributed by atoms with E-state index in [1.807, 2.05) is 19.2 Å². The molecule has 0 bridgehead atoms. The Labute approximate surface area is 111 Å². The minimum Gasteiger partial charge on any atom is -0.367 e. The molecule has 96 valence electrons. The predicted molar refractivity (Wildman–Crippen MR) is 75.4 cm³/mol. The molecule has 0 spiro atoms. The van der Waals surface area contributed by atoms with Crippen molar-refractivity contribution in [2.24, 2.45) is 5.73 Å². The molecule has 1 heterocycles. The Morgan fingerprint density at radius 3 is 2.78 bits per heavy atom. The number of hydrogen-bond donors (Lipinski definition) is 1. The van der Waals surface area contributed by atoms with Gasteiger partial charge >= 0.3 is 0 Å². The average Bonchev–Trinajstić information content (AvgIpc) is 2.90. The molecule has 18 heavy (non-hydrogen) atoms. The lowest BCUT2D eigenvalue weighted by Gasteiger charge is -2.26. The summed E-state index contributed by atoms with van der Waals surface area (Å²) in [7, 11) is 1.97. The highest BCUT2D eigenvalue weighted by molar-refractivity contribution is 7.10. The van der Waals surface area contributed by atoms with Crippen LogP contribution < -0.4 is 10.6 Å². The molecule has 0 amide bonds. The van der Waals surface area contributed by atoms with Crippen LogP contribution in [-0.4, -0.2) is 7.05 Å². The minimum atomic E-state index is -0.238. The highest BCUT2D eigenvalue weighted by Gasteiger charge is 2.14. The molecule has 0 aliphatic heterocycles. The van der Waals surface area contributed by atoms with E-state index in [9.17, 15) is 4.39 Å². The van der Waals surface area contributed by atoms with Crippen molar-refractivity contribution in [3.63, 3.8) is 0 Å². The maximum Gasteiger partial charge on any atom is 0.125 e. The quantitative estimate of drug-likeness (QED) is 0.915. The zero-order valence-electron chi connectivity index (χ0n) is 10.6. The highest BCUT2D eigenvalue weighted by atomic mass is 32.1. The van der Waals surface area contributed by atoms with E-state index in [1.54, 1.807) is 17.4 Å². The average molecular weight is 264 g/mol. The van der Waals surface area contributed by atoms with Crippen LogP contribution in [0.5, 0.6) is 0 Å². The molecule has 2 aromatic rings. The first-order valence-corrected chi connectivity index (χ1v) is 6.75. The van der Waals surface area contributed by atoms with Gasteiger partial charge in [-0.25, -0.2) is 4.39 Å². The monoisotopic (exact) mass is 264 g/mol. The van der Waals surface area contributed by atoms with Crippen LogP contribution in [-0.2, 0) is 6.54 Å². The normalized spacial score (nSPS) is 12.4. The Balaban J connectivity index is 2.28. The summed E-state index contributed by atoms with van der Waals surface area (Å²) in [4.78, 5) is 3.32.